The van der Waals surface area contributed by atoms with Crippen LogP contribution in [0.3, 0.4) is 0 Å². The normalized spacial score (nSPS) is 14.0. The van der Waals surface area contributed by atoms with Crippen LogP contribution in [0.15, 0.2) is 42.1 Å². The molecule has 1 aromatic heterocycles. The number of aromatic nitrogens is 1. The minimum Gasteiger partial charge on any atom is -0.497 e. The number of hydrogen-bond donors (Lipinski definition) is 1. The zero-order chi connectivity index (χ0) is 16.4. The van der Waals surface area contributed by atoms with E-state index in [0.29, 0.717) is 23.4 Å². The van der Waals surface area contributed by atoms with Crippen molar-refractivity contribution < 1.29 is 19.4 Å². The molecule has 0 saturated heterocycles. The minimum absolute atomic E-state index is 0.394. The first-order valence-electron chi connectivity index (χ1n) is 7.22. The lowest BCUT2D eigenvalue weighted by Gasteiger charge is -2.13. The van der Waals surface area contributed by atoms with Crippen molar-refractivity contribution in [2.24, 2.45) is 0 Å². The first kappa shape index (κ1) is 15.2. The van der Waals surface area contributed by atoms with E-state index in [1.807, 2.05) is 24.3 Å². The Kier molecular flexibility index (Phi) is 4.12. The van der Waals surface area contributed by atoms with E-state index in [1.165, 1.54) is 7.11 Å². The molecule has 118 valence electrons. The molecule has 3 rings (SSSR count). The van der Waals surface area contributed by atoms with Gasteiger partial charge in [0.2, 0.25) is 0 Å². The van der Waals surface area contributed by atoms with Crippen molar-refractivity contribution in [1.29, 1.82) is 0 Å². The Labute approximate surface area is 134 Å². The zero-order valence-corrected chi connectivity index (χ0v) is 12.9. The SMILES string of the molecule is COC(=O)c1ccnc2c1CC(C(O)c1cccc(OC)c1)=C2. The molecule has 0 aliphatic heterocycles. The second-order valence-corrected chi connectivity index (χ2v) is 5.29. The second kappa shape index (κ2) is 6.22. The summed E-state index contributed by atoms with van der Waals surface area (Å²) >= 11 is 0. The van der Waals surface area contributed by atoms with E-state index < -0.39 is 12.1 Å². The van der Waals surface area contributed by atoms with Crippen molar-refractivity contribution in [3.63, 3.8) is 0 Å². The fourth-order valence-corrected chi connectivity index (χ4v) is 2.75. The quantitative estimate of drug-likeness (QED) is 0.879. The number of hydrogen-bond acceptors (Lipinski definition) is 5. The topological polar surface area (TPSA) is 68.7 Å². The maximum Gasteiger partial charge on any atom is 0.338 e. The molecule has 0 saturated carbocycles. The van der Waals surface area contributed by atoms with Gasteiger partial charge in [-0.05, 0) is 47.4 Å². The van der Waals surface area contributed by atoms with Gasteiger partial charge in [-0.25, -0.2) is 4.79 Å². The Bertz CT molecular complexity index is 782. The monoisotopic (exact) mass is 311 g/mol. The number of aliphatic hydroxyl groups is 1. The van der Waals surface area contributed by atoms with Crippen LogP contribution in [-0.2, 0) is 11.2 Å². The molecule has 2 aromatic rings. The summed E-state index contributed by atoms with van der Waals surface area (Å²) < 4.78 is 9.99. The lowest BCUT2D eigenvalue weighted by atomic mass is 9.98. The molecule has 1 unspecified atom stereocenters. The van der Waals surface area contributed by atoms with Crippen molar-refractivity contribution in [3.05, 3.63) is 64.5 Å². The van der Waals surface area contributed by atoms with E-state index in [0.717, 1.165) is 16.7 Å². The summed E-state index contributed by atoms with van der Waals surface area (Å²) in [6, 6.07) is 8.93. The highest BCUT2D eigenvalue weighted by Crippen LogP contribution is 2.35. The number of ether oxygens (including phenoxy) is 2. The van der Waals surface area contributed by atoms with Gasteiger partial charge in [-0.2, -0.15) is 0 Å². The molecule has 0 fully saturated rings. The largest absolute Gasteiger partial charge is 0.497 e. The van der Waals surface area contributed by atoms with Crippen molar-refractivity contribution >= 4 is 12.0 Å². The number of carbonyl (C=O) groups is 1. The molecule has 0 spiro atoms. The average Bonchev–Trinajstić information content (AvgIpc) is 3.04. The van der Waals surface area contributed by atoms with Gasteiger partial charge in [0, 0.05) is 6.20 Å². The van der Waals surface area contributed by atoms with E-state index in [1.54, 1.807) is 25.4 Å². The van der Waals surface area contributed by atoms with Crippen LogP contribution in [0.2, 0.25) is 0 Å². The van der Waals surface area contributed by atoms with Gasteiger partial charge in [0.15, 0.2) is 0 Å². The Balaban J connectivity index is 1.90. The van der Waals surface area contributed by atoms with E-state index >= 15 is 0 Å². The number of carbonyl (C=O) groups excluding carboxylic acids is 1. The predicted molar refractivity (Wildman–Crippen MR) is 85.2 cm³/mol. The smallest absolute Gasteiger partial charge is 0.338 e. The van der Waals surface area contributed by atoms with Gasteiger partial charge in [0.25, 0.3) is 0 Å². The molecular weight excluding hydrogens is 294 g/mol. The first-order chi connectivity index (χ1) is 11.1. The van der Waals surface area contributed by atoms with Gasteiger partial charge < -0.3 is 14.6 Å². The number of fused-ring (bicyclic) bond motifs is 1. The van der Waals surface area contributed by atoms with Crippen LogP contribution >= 0.6 is 0 Å². The number of benzene rings is 1. The molecule has 1 aliphatic rings. The van der Waals surface area contributed by atoms with Crippen LogP contribution in [0.1, 0.15) is 33.3 Å². The molecular formula is C18H17NO4. The number of pyridine rings is 1. The Morgan fingerprint density at radius 2 is 2.13 bits per heavy atom. The Morgan fingerprint density at radius 1 is 1.30 bits per heavy atom. The lowest BCUT2D eigenvalue weighted by Crippen LogP contribution is -2.08. The predicted octanol–water partition coefficient (Wildman–Crippen LogP) is 2.55. The molecule has 5 heteroatoms. The van der Waals surface area contributed by atoms with E-state index in [9.17, 15) is 9.90 Å². The third-order valence-corrected chi connectivity index (χ3v) is 3.96. The van der Waals surface area contributed by atoms with E-state index in [2.05, 4.69) is 4.98 Å². The molecule has 0 amide bonds. The summed E-state index contributed by atoms with van der Waals surface area (Å²) in [4.78, 5) is 16.1. The minimum atomic E-state index is -0.773. The highest BCUT2D eigenvalue weighted by molar-refractivity contribution is 5.92. The molecule has 0 bridgehead atoms. The van der Waals surface area contributed by atoms with Crippen LogP contribution in [0.5, 0.6) is 5.75 Å². The number of aliphatic hydroxyl groups excluding tert-OH is 1. The van der Waals surface area contributed by atoms with Gasteiger partial charge in [0.1, 0.15) is 11.9 Å². The highest BCUT2D eigenvalue weighted by atomic mass is 16.5. The summed E-state index contributed by atoms with van der Waals surface area (Å²) in [7, 11) is 2.94. The standard InChI is InChI=1S/C18H17NO4/c1-22-13-5-3-4-11(8-13)17(20)12-9-15-14(18(21)23-2)6-7-19-16(15)10-12/h3-8,10,17,20H,9H2,1-2H3. The van der Waals surface area contributed by atoms with Gasteiger partial charge in [0.05, 0.1) is 25.5 Å². The molecule has 1 N–H and O–H groups in total. The number of nitrogens with zero attached hydrogens (tertiary/aromatic N) is 1. The molecule has 1 aromatic carbocycles. The average molecular weight is 311 g/mol. The van der Waals surface area contributed by atoms with Crippen molar-refractivity contribution in [3.8, 4) is 5.75 Å². The van der Waals surface area contributed by atoms with Crippen LogP contribution in [0.4, 0.5) is 0 Å². The summed E-state index contributed by atoms with van der Waals surface area (Å²) in [5, 5.41) is 10.6. The van der Waals surface area contributed by atoms with E-state index in [4.69, 9.17) is 9.47 Å². The van der Waals surface area contributed by atoms with Crippen LogP contribution in [0.25, 0.3) is 6.08 Å². The Morgan fingerprint density at radius 3 is 2.87 bits per heavy atom. The number of methoxy groups -OCH3 is 2. The van der Waals surface area contributed by atoms with Crippen LogP contribution in [-0.4, -0.2) is 30.3 Å². The van der Waals surface area contributed by atoms with Gasteiger partial charge >= 0.3 is 5.97 Å². The van der Waals surface area contributed by atoms with Gasteiger partial charge in [-0.3, -0.25) is 4.98 Å². The van der Waals surface area contributed by atoms with Gasteiger partial charge in [-0.15, -0.1) is 0 Å². The maximum absolute atomic E-state index is 11.9. The fraction of sp³-hybridized carbons (Fsp3) is 0.222. The zero-order valence-electron chi connectivity index (χ0n) is 12.9. The highest BCUT2D eigenvalue weighted by Gasteiger charge is 2.25. The van der Waals surface area contributed by atoms with Crippen molar-refractivity contribution in [2.75, 3.05) is 14.2 Å². The van der Waals surface area contributed by atoms with Crippen LogP contribution in [0, 0.1) is 0 Å². The summed E-state index contributed by atoms with van der Waals surface area (Å²) in [5.41, 5.74) is 3.50. The third kappa shape index (κ3) is 2.83. The Hall–Kier alpha value is -2.66. The second-order valence-electron chi connectivity index (χ2n) is 5.29. The number of esters is 1. The number of rotatable bonds is 4. The molecule has 1 aliphatic carbocycles. The summed E-state index contributed by atoms with van der Waals surface area (Å²) in [5.74, 6) is 0.292. The van der Waals surface area contributed by atoms with Crippen molar-refractivity contribution in [2.45, 2.75) is 12.5 Å². The molecule has 23 heavy (non-hydrogen) atoms. The molecule has 1 atom stereocenters. The fourth-order valence-electron chi connectivity index (χ4n) is 2.75. The molecule has 0 radical (unpaired) electrons. The van der Waals surface area contributed by atoms with E-state index in [-0.39, 0.29) is 0 Å². The molecule has 5 nitrogen and oxygen atoms in total. The van der Waals surface area contributed by atoms with Gasteiger partial charge in [-0.1, -0.05) is 12.1 Å². The summed E-state index contributed by atoms with van der Waals surface area (Å²) in [6.07, 6.45) is 3.09. The van der Waals surface area contributed by atoms with Crippen molar-refractivity contribution in [1.82, 2.24) is 4.98 Å². The maximum atomic E-state index is 11.9. The molecule has 1 heterocycles. The summed E-state index contributed by atoms with van der Waals surface area (Å²) in [6.45, 7) is 0. The van der Waals surface area contributed by atoms with Crippen LogP contribution < -0.4 is 4.74 Å². The third-order valence-electron chi connectivity index (χ3n) is 3.96. The first-order valence-corrected chi connectivity index (χ1v) is 7.22. The lowest BCUT2D eigenvalue weighted by molar-refractivity contribution is 0.0599.